The van der Waals surface area contributed by atoms with Crippen molar-refractivity contribution in [3.8, 4) is 6.07 Å². The molecular formula is C29H24FN5OS. The third kappa shape index (κ3) is 5.10. The Morgan fingerprint density at radius 2 is 2.03 bits per heavy atom. The van der Waals surface area contributed by atoms with E-state index in [9.17, 15) is 14.4 Å². The fourth-order valence-corrected chi connectivity index (χ4v) is 5.90. The SMILES string of the molecule is N#Cc1cccc(SN2CCC3=CC(=Nc4ccc(F)cc4)C(=CN)CC3(C(=O)c3ccccn3)C2)c1. The maximum absolute atomic E-state index is 14.1. The van der Waals surface area contributed by atoms with Gasteiger partial charge in [-0.25, -0.2) is 13.7 Å². The van der Waals surface area contributed by atoms with Crippen molar-refractivity contribution in [2.75, 3.05) is 13.1 Å². The van der Waals surface area contributed by atoms with Crippen molar-refractivity contribution in [2.24, 2.45) is 16.1 Å². The molecule has 1 fully saturated rings. The number of aliphatic imine (C=N–C) groups is 1. The molecule has 1 aromatic heterocycles. The summed E-state index contributed by atoms with van der Waals surface area (Å²) in [7, 11) is 0. The van der Waals surface area contributed by atoms with Crippen molar-refractivity contribution in [3.05, 3.63) is 113 Å². The molecule has 0 radical (unpaired) electrons. The summed E-state index contributed by atoms with van der Waals surface area (Å²) in [6.07, 6.45) is 6.13. The molecule has 1 atom stereocenters. The molecule has 1 unspecified atom stereocenters. The fourth-order valence-electron chi connectivity index (χ4n) is 4.81. The normalized spacial score (nSPS) is 21.8. The Labute approximate surface area is 219 Å². The highest BCUT2D eigenvalue weighted by Crippen LogP contribution is 2.48. The van der Waals surface area contributed by atoms with E-state index in [-0.39, 0.29) is 11.6 Å². The summed E-state index contributed by atoms with van der Waals surface area (Å²) in [5.74, 6) is -0.388. The maximum Gasteiger partial charge on any atom is 0.192 e. The third-order valence-electron chi connectivity index (χ3n) is 6.63. The van der Waals surface area contributed by atoms with Gasteiger partial charge >= 0.3 is 0 Å². The van der Waals surface area contributed by atoms with Gasteiger partial charge in [-0.2, -0.15) is 5.26 Å². The van der Waals surface area contributed by atoms with E-state index >= 15 is 0 Å². The first-order valence-corrected chi connectivity index (χ1v) is 12.6. The van der Waals surface area contributed by atoms with Crippen LogP contribution in [0.2, 0.25) is 0 Å². The number of rotatable bonds is 5. The number of nitrogens with two attached hydrogens (primary N) is 1. The number of hydrogen-bond donors (Lipinski definition) is 1. The first-order valence-electron chi connectivity index (χ1n) is 11.9. The van der Waals surface area contributed by atoms with Crippen LogP contribution in [0.3, 0.4) is 0 Å². The van der Waals surface area contributed by atoms with Crippen LogP contribution in [0, 0.1) is 22.6 Å². The van der Waals surface area contributed by atoms with Crippen LogP contribution in [0.1, 0.15) is 28.9 Å². The standard InChI is InChI=1S/C29H24FN5OS/c30-23-7-9-24(10-8-23)34-27-15-22-11-13-35(37-25-5-3-4-20(14-25)17-31)19-29(22,16-21(27)18-32)28(36)26-6-1-2-12-33-26/h1-10,12,14-15,18H,11,13,16,19,32H2. The zero-order valence-corrected chi connectivity index (χ0v) is 20.8. The van der Waals surface area contributed by atoms with E-state index < -0.39 is 5.41 Å². The van der Waals surface area contributed by atoms with Crippen molar-refractivity contribution in [1.29, 1.82) is 5.26 Å². The van der Waals surface area contributed by atoms with E-state index in [1.807, 2.05) is 30.3 Å². The van der Waals surface area contributed by atoms with E-state index in [4.69, 9.17) is 10.7 Å². The van der Waals surface area contributed by atoms with Gasteiger partial charge in [0.05, 0.1) is 28.4 Å². The second kappa shape index (κ2) is 10.5. The van der Waals surface area contributed by atoms with Crippen LogP contribution in [-0.4, -0.2) is 33.9 Å². The van der Waals surface area contributed by atoms with Crippen LogP contribution < -0.4 is 5.73 Å². The summed E-state index contributed by atoms with van der Waals surface area (Å²) in [5.41, 5.74) is 9.23. The molecule has 2 heterocycles. The lowest BCUT2D eigenvalue weighted by Gasteiger charge is -2.45. The molecule has 8 heteroatoms. The number of ketones is 1. The Morgan fingerprint density at radius 1 is 1.19 bits per heavy atom. The summed E-state index contributed by atoms with van der Waals surface area (Å²) >= 11 is 1.54. The number of carbonyl (C=O) groups excluding carboxylic acids is 1. The number of piperidine rings is 1. The number of aromatic nitrogens is 1. The van der Waals surface area contributed by atoms with Crippen molar-refractivity contribution in [3.63, 3.8) is 0 Å². The van der Waals surface area contributed by atoms with Crippen LogP contribution in [-0.2, 0) is 0 Å². The number of Topliss-reactive ketones (excluding diaryl/α,β-unsaturated/α-hetero) is 1. The minimum Gasteiger partial charge on any atom is -0.404 e. The quantitative estimate of drug-likeness (QED) is 0.354. The molecule has 184 valence electrons. The molecule has 0 bridgehead atoms. The van der Waals surface area contributed by atoms with Gasteiger partial charge < -0.3 is 5.73 Å². The highest BCUT2D eigenvalue weighted by atomic mass is 32.2. The van der Waals surface area contributed by atoms with Gasteiger partial charge in [0.25, 0.3) is 0 Å². The van der Waals surface area contributed by atoms with Gasteiger partial charge in [0.15, 0.2) is 5.78 Å². The monoisotopic (exact) mass is 509 g/mol. The van der Waals surface area contributed by atoms with Crippen molar-refractivity contribution in [1.82, 2.24) is 9.29 Å². The topological polar surface area (TPSA) is 95.4 Å². The molecule has 5 rings (SSSR count). The maximum atomic E-state index is 14.1. The van der Waals surface area contributed by atoms with Crippen LogP contribution in [0.4, 0.5) is 10.1 Å². The van der Waals surface area contributed by atoms with E-state index in [0.29, 0.717) is 42.0 Å². The molecule has 37 heavy (non-hydrogen) atoms. The summed E-state index contributed by atoms with van der Waals surface area (Å²) in [6, 6.07) is 20.9. The van der Waals surface area contributed by atoms with Gasteiger partial charge in [-0.1, -0.05) is 17.7 Å². The summed E-state index contributed by atoms with van der Waals surface area (Å²) in [5, 5.41) is 9.28. The minimum atomic E-state index is -0.862. The number of benzene rings is 2. The van der Waals surface area contributed by atoms with Gasteiger partial charge in [-0.3, -0.25) is 9.78 Å². The third-order valence-corrected chi connectivity index (χ3v) is 7.67. The van der Waals surface area contributed by atoms with Crippen LogP contribution in [0.15, 0.2) is 106 Å². The minimum absolute atomic E-state index is 0.0596. The predicted molar refractivity (Wildman–Crippen MR) is 143 cm³/mol. The lowest BCUT2D eigenvalue weighted by Crippen LogP contribution is -2.49. The zero-order valence-electron chi connectivity index (χ0n) is 20.0. The van der Waals surface area contributed by atoms with E-state index in [1.165, 1.54) is 18.3 Å². The Balaban J connectivity index is 1.55. The van der Waals surface area contributed by atoms with Gasteiger partial charge in [-0.15, -0.1) is 0 Å². The zero-order chi connectivity index (χ0) is 25.8. The molecular weight excluding hydrogens is 485 g/mol. The Kier molecular flexibility index (Phi) is 6.99. The first-order chi connectivity index (χ1) is 18.0. The van der Waals surface area contributed by atoms with Crippen molar-refractivity contribution < 1.29 is 9.18 Å². The van der Waals surface area contributed by atoms with Gasteiger partial charge in [0.1, 0.15) is 11.5 Å². The van der Waals surface area contributed by atoms with Gasteiger partial charge in [-0.05, 0) is 97.2 Å². The Bertz CT molecular complexity index is 1460. The highest BCUT2D eigenvalue weighted by molar-refractivity contribution is 7.97. The molecule has 0 amide bonds. The highest BCUT2D eigenvalue weighted by Gasteiger charge is 2.49. The Morgan fingerprint density at radius 3 is 2.76 bits per heavy atom. The predicted octanol–water partition coefficient (Wildman–Crippen LogP) is 5.62. The molecule has 2 aliphatic rings. The summed E-state index contributed by atoms with van der Waals surface area (Å²) in [4.78, 5) is 24.1. The number of carbonyl (C=O) groups is 1. The van der Waals surface area contributed by atoms with Crippen LogP contribution in [0.5, 0.6) is 0 Å². The number of fused-ring (bicyclic) bond motifs is 1. The first kappa shape index (κ1) is 24.6. The lowest BCUT2D eigenvalue weighted by atomic mass is 9.64. The molecule has 2 aromatic carbocycles. The number of nitrogens with zero attached hydrogens (tertiary/aromatic N) is 4. The van der Waals surface area contributed by atoms with Crippen LogP contribution >= 0.6 is 11.9 Å². The second-order valence-electron chi connectivity index (χ2n) is 8.98. The average Bonchev–Trinajstić information content (AvgIpc) is 2.94. The fraction of sp³-hybridized carbons (Fsp3) is 0.172. The number of hydrogen-bond acceptors (Lipinski definition) is 7. The van der Waals surface area contributed by atoms with Crippen molar-refractivity contribution in [2.45, 2.75) is 17.7 Å². The van der Waals surface area contributed by atoms with Gasteiger partial charge in [0, 0.05) is 24.2 Å². The molecule has 1 saturated heterocycles. The second-order valence-corrected chi connectivity index (χ2v) is 10.2. The number of allylic oxidation sites excluding steroid dienone is 2. The summed E-state index contributed by atoms with van der Waals surface area (Å²) < 4.78 is 15.6. The average molecular weight is 510 g/mol. The number of nitriles is 1. The largest absolute Gasteiger partial charge is 0.404 e. The van der Waals surface area contributed by atoms with E-state index in [2.05, 4.69) is 15.4 Å². The lowest BCUT2D eigenvalue weighted by molar-refractivity contribution is 0.0776. The summed E-state index contributed by atoms with van der Waals surface area (Å²) in [6.45, 7) is 1.17. The molecule has 2 N–H and O–H groups in total. The van der Waals surface area contributed by atoms with E-state index in [0.717, 1.165) is 22.6 Å². The molecule has 0 spiro atoms. The number of pyridine rings is 1. The number of halogens is 1. The van der Waals surface area contributed by atoms with E-state index in [1.54, 1.807) is 48.5 Å². The molecule has 6 nitrogen and oxygen atoms in total. The molecule has 1 aliphatic carbocycles. The Hall–Kier alpha value is -4.06. The van der Waals surface area contributed by atoms with Crippen molar-refractivity contribution >= 4 is 29.1 Å². The molecule has 3 aromatic rings. The molecule has 1 aliphatic heterocycles. The molecule has 0 saturated carbocycles. The smallest absolute Gasteiger partial charge is 0.192 e. The van der Waals surface area contributed by atoms with Gasteiger partial charge in [0.2, 0.25) is 0 Å². The van der Waals surface area contributed by atoms with Crippen LogP contribution in [0.25, 0.3) is 0 Å².